The number of hydrogen-bond acceptors (Lipinski definition) is 2. The summed E-state index contributed by atoms with van der Waals surface area (Å²) in [6, 6.07) is 12.9. The largest absolute Gasteiger partial charge is 0.494 e. The molecule has 0 spiro atoms. The van der Waals surface area contributed by atoms with Gasteiger partial charge in [0.25, 0.3) is 0 Å². The van der Waals surface area contributed by atoms with E-state index < -0.39 is 0 Å². The van der Waals surface area contributed by atoms with Crippen molar-refractivity contribution in [2.75, 3.05) is 6.61 Å². The van der Waals surface area contributed by atoms with Crippen LogP contribution in [0.5, 0.6) is 5.75 Å². The van der Waals surface area contributed by atoms with Gasteiger partial charge < -0.3 is 4.74 Å². The molecular formula is C29H43NO. The molecule has 0 saturated heterocycles. The normalized spacial score (nSPS) is 18.8. The van der Waals surface area contributed by atoms with E-state index in [4.69, 9.17) is 9.72 Å². The minimum atomic E-state index is 0.657. The van der Waals surface area contributed by atoms with Gasteiger partial charge in [-0.15, -0.1) is 0 Å². The van der Waals surface area contributed by atoms with Crippen LogP contribution in [0.3, 0.4) is 0 Å². The van der Waals surface area contributed by atoms with Crippen molar-refractivity contribution in [3.63, 3.8) is 0 Å². The third-order valence-electron chi connectivity index (χ3n) is 6.97. The van der Waals surface area contributed by atoms with Crippen molar-refractivity contribution in [1.82, 2.24) is 4.98 Å². The Morgan fingerprint density at radius 1 is 0.742 bits per heavy atom. The fourth-order valence-corrected chi connectivity index (χ4v) is 4.86. The molecule has 1 fully saturated rings. The van der Waals surface area contributed by atoms with E-state index in [0.717, 1.165) is 31.1 Å². The van der Waals surface area contributed by atoms with Crippen molar-refractivity contribution >= 4 is 0 Å². The average molecular weight is 422 g/mol. The van der Waals surface area contributed by atoms with Crippen molar-refractivity contribution in [2.45, 2.75) is 103 Å². The lowest BCUT2D eigenvalue weighted by Gasteiger charge is -2.28. The van der Waals surface area contributed by atoms with Crippen LogP contribution < -0.4 is 4.74 Å². The molecule has 0 aliphatic heterocycles. The first-order chi connectivity index (χ1) is 15.3. The Hall–Kier alpha value is -1.83. The smallest absolute Gasteiger partial charge is 0.119 e. The standard InChI is InChI=1S/C29H43NO/c1-3-5-7-8-9-10-11-24-12-14-26(15-13-24)29-21-18-27(23-30-29)25-16-19-28(20-17-25)31-22-6-4-2/h16-21,23-24,26H,3-15,22H2,1-2H3. The topological polar surface area (TPSA) is 22.1 Å². The van der Waals surface area contributed by atoms with E-state index in [0.29, 0.717) is 5.92 Å². The van der Waals surface area contributed by atoms with Crippen LogP contribution in [0.25, 0.3) is 11.1 Å². The van der Waals surface area contributed by atoms with Crippen LogP contribution >= 0.6 is 0 Å². The zero-order valence-corrected chi connectivity index (χ0v) is 20.0. The lowest BCUT2D eigenvalue weighted by molar-refractivity contribution is 0.299. The molecule has 0 amide bonds. The van der Waals surface area contributed by atoms with Crippen LogP contribution in [0.4, 0.5) is 0 Å². The predicted octanol–water partition coefficient (Wildman–Crippen LogP) is 8.95. The summed E-state index contributed by atoms with van der Waals surface area (Å²) in [7, 11) is 0. The summed E-state index contributed by atoms with van der Waals surface area (Å²) < 4.78 is 5.78. The molecular weight excluding hydrogens is 378 g/mol. The van der Waals surface area contributed by atoms with Gasteiger partial charge in [0.05, 0.1) is 6.61 Å². The summed E-state index contributed by atoms with van der Waals surface area (Å²) in [5.41, 5.74) is 3.70. The van der Waals surface area contributed by atoms with E-state index in [2.05, 4.69) is 56.4 Å². The highest BCUT2D eigenvalue weighted by molar-refractivity contribution is 5.63. The van der Waals surface area contributed by atoms with Gasteiger partial charge in [0, 0.05) is 23.4 Å². The molecule has 2 heteroatoms. The minimum Gasteiger partial charge on any atom is -0.494 e. The molecule has 0 atom stereocenters. The van der Waals surface area contributed by atoms with Crippen molar-refractivity contribution in [1.29, 1.82) is 0 Å². The summed E-state index contributed by atoms with van der Waals surface area (Å²) in [5, 5.41) is 0. The van der Waals surface area contributed by atoms with E-state index >= 15 is 0 Å². The van der Waals surface area contributed by atoms with Crippen molar-refractivity contribution in [2.24, 2.45) is 5.92 Å². The van der Waals surface area contributed by atoms with Crippen molar-refractivity contribution in [3.05, 3.63) is 48.3 Å². The van der Waals surface area contributed by atoms with Gasteiger partial charge >= 0.3 is 0 Å². The summed E-state index contributed by atoms with van der Waals surface area (Å²) in [6.45, 7) is 5.28. The molecule has 170 valence electrons. The second-order valence-corrected chi connectivity index (χ2v) is 9.47. The first kappa shape index (κ1) is 23.8. The van der Waals surface area contributed by atoms with Gasteiger partial charge in [-0.25, -0.2) is 0 Å². The molecule has 2 nitrogen and oxygen atoms in total. The first-order valence-corrected chi connectivity index (χ1v) is 13.0. The molecule has 0 bridgehead atoms. The molecule has 1 heterocycles. The second kappa shape index (κ2) is 13.6. The van der Waals surface area contributed by atoms with Crippen LogP contribution in [-0.4, -0.2) is 11.6 Å². The quantitative estimate of drug-likeness (QED) is 0.301. The first-order valence-electron chi connectivity index (χ1n) is 13.0. The van der Waals surface area contributed by atoms with E-state index in [1.54, 1.807) is 0 Å². The van der Waals surface area contributed by atoms with Gasteiger partial charge in [-0.1, -0.05) is 83.4 Å². The molecule has 1 aliphatic rings. The highest BCUT2D eigenvalue weighted by atomic mass is 16.5. The number of hydrogen-bond donors (Lipinski definition) is 0. The molecule has 0 radical (unpaired) electrons. The number of rotatable bonds is 13. The Bertz CT molecular complexity index is 713. The third-order valence-corrected chi connectivity index (χ3v) is 6.97. The van der Waals surface area contributed by atoms with Gasteiger partial charge in [0.15, 0.2) is 0 Å². The van der Waals surface area contributed by atoms with Crippen molar-refractivity contribution < 1.29 is 4.74 Å². The second-order valence-electron chi connectivity index (χ2n) is 9.47. The molecule has 31 heavy (non-hydrogen) atoms. The van der Waals surface area contributed by atoms with Crippen LogP contribution in [-0.2, 0) is 0 Å². The molecule has 1 saturated carbocycles. The molecule has 0 unspecified atom stereocenters. The van der Waals surface area contributed by atoms with Crippen LogP contribution in [0, 0.1) is 5.92 Å². The third kappa shape index (κ3) is 7.98. The lowest BCUT2D eigenvalue weighted by Crippen LogP contribution is -2.14. The SMILES string of the molecule is CCCCCCCCC1CCC(c2ccc(-c3ccc(OCCCC)cc3)cn2)CC1. The highest BCUT2D eigenvalue weighted by Gasteiger charge is 2.22. The minimum absolute atomic E-state index is 0.657. The summed E-state index contributed by atoms with van der Waals surface area (Å²) in [4.78, 5) is 4.86. The Kier molecular flexibility index (Phi) is 10.4. The number of benzene rings is 1. The predicted molar refractivity (Wildman–Crippen MR) is 133 cm³/mol. The van der Waals surface area contributed by atoms with Crippen LogP contribution in [0.2, 0.25) is 0 Å². The Labute approximate surface area is 190 Å². The highest BCUT2D eigenvalue weighted by Crippen LogP contribution is 2.37. The van der Waals surface area contributed by atoms with E-state index in [9.17, 15) is 0 Å². The molecule has 1 aliphatic carbocycles. The van der Waals surface area contributed by atoms with Gasteiger partial charge in [-0.05, 0) is 61.8 Å². The lowest BCUT2D eigenvalue weighted by atomic mass is 9.78. The van der Waals surface area contributed by atoms with E-state index in [1.807, 2.05) is 0 Å². The Morgan fingerprint density at radius 3 is 2.10 bits per heavy atom. The number of ether oxygens (including phenoxy) is 1. The number of aromatic nitrogens is 1. The summed E-state index contributed by atoms with van der Waals surface area (Å²) in [6.07, 6.45) is 19.7. The Morgan fingerprint density at radius 2 is 1.42 bits per heavy atom. The summed E-state index contributed by atoms with van der Waals surface area (Å²) >= 11 is 0. The van der Waals surface area contributed by atoms with Crippen molar-refractivity contribution in [3.8, 4) is 16.9 Å². The molecule has 1 aromatic carbocycles. The van der Waals surface area contributed by atoms with Crippen LogP contribution in [0.1, 0.15) is 109 Å². The zero-order valence-electron chi connectivity index (χ0n) is 20.0. The van der Waals surface area contributed by atoms with E-state index in [1.165, 1.54) is 87.4 Å². The fraction of sp³-hybridized carbons (Fsp3) is 0.621. The molecule has 1 aromatic heterocycles. The summed E-state index contributed by atoms with van der Waals surface area (Å²) in [5.74, 6) is 2.57. The maximum Gasteiger partial charge on any atom is 0.119 e. The molecule has 0 N–H and O–H groups in total. The fourth-order valence-electron chi connectivity index (χ4n) is 4.86. The number of pyridine rings is 1. The molecule has 3 rings (SSSR count). The Balaban J connectivity index is 1.41. The van der Waals surface area contributed by atoms with Gasteiger partial charge in [-0.2, -0.15) is 0 Å². The zero-order chi connectivity index (χ0) is 21.7. The van der Waals surface area contributed by atoms with Crippen LogP contribution in [0.15, 0.2) is 42.6 Å². The van der Waals surface area contributed by atoms with Gasteiger partial charge in [0.2, 0.25) is 0 Å². The van der Waals surface area contributed by atoms with E-state index in [-0.39, 0.29) is 0 Å². The maximum absolute atomic E-state index is 5.78. The van der Waals surface area contributed by atoms with Gasteiger partial charge in [-0.3, -0.25) is 4.98 Å². The number of unbranched alkanes of at least 4 members (excludes halogenated alkanes) is 6. The van der Waals surface area contributed by atoms with Gasteiger partial charge in [0.1, 0.15) is 5.75 Å². The average Bonchev–Trinajstić information content (AvgIpc) is 2.82. The maximum atomic E-state index is 5.78. The monoisotopic (exact) mass is 421 g/mol. The molecule has 2 aromatic rings. The number of nitrogens with zero attached hydrogens (tertiary/aromatic N) is 1.